The molecule has 1 unspecified atom stereocenters. The van der Waals surface area contributed by atoms with Crippen LogP contribution in [-0.4, -0.2) is 21.6 Å². The predicted octanol–water partition coefficient (Wildman–Crippen LogP) is 4.58. The van der Waals surface area contributed by atoms with Gasteiger partial charge in [0.05, 0.1) is 29.3 Å². The standard InChI is InChI=1S/C28H24FN5O3/c1-17-6-9-26(34(36)16-17)20-11-19(25-14-27(37-33-25)24-5-3-4-10-30-24)12-21(13-20)28(35)32-18(2)23-8-7-22(29)15-31-23/h3-13,15-16,18,27H,14H2,1-2H3,(H,32,35)/t18-,27?/m1/s1. The fourth-order valence-electron chi connectivity index (χ4n) is 4.15. The first-order valence-electron chi connectivity index (χ1n) is 11.8. The highest BCUT2D eigenvalue weighted by atomic mass is 19.1. The SMILES string of the molecule is Cc1ccc(-c2cc(C(=O)N[C@H](C)c3ccc(F)cn3)cc(C3=NOC(c4ccccn4)C3)c2)[n+]([O-])c1. The van der Waals surface area contributed by atoms with E-state index in [4.69, 9.17) is 4.84 Å². The van der Waals surface area contributed by atoms with Gasteiger partial charge in [0.2, 0.25) is 5.69 Å². The Bertz CT molecular complexity index is 1480. The number of oxime groups is 1. The van der Waals surface area contributed by atoms with Crippen LogP contribution >= 0.6 is 0 Å². The first kappa shape index (κ1) is 24.1. The number of carbonyl (C=O) groups excluding carboxylic acids is 1. The average Bonchev–Trinajstić information content (AvgIpc) is 3.40. The minimum Gasteiger partial charge on any atom is -0.618 e. The molecule has 186 valence electrons. The Morgan fingerprint density at radius 3 is 2.70 bits per heavy atom. The van der Waals surface area contributed by atoms with E-state index < -0.39 is 11.9 Å². The number of nitrogens with one attached hydrogen (secondary N) is 1. The van der Waals surface area contributed by atoms with Gasteiger partial charge in [-0.15, -0.1) is 0 Å². The summed E-state index contributed by atoms with van der Waals surface area (Å²) in [6.07, 6.45) is 4.41. The summed E-state index contributed by atoms with van der Waals surface area (Å²) in [6.45, 7) is 3.60. The van der Waals surface area contributed by atoms with E-state index in [1.54, 1.807) is 31.3 Å². The van der Waals surface area contributed by atoms with Gasteiger partial charge in [0.15, 0.2) is 12.3 Å². The lowest BCUT2D eigenvalue weighted by Gasteiger charge is -2.15. The molecule has 0 spiro atoms. The van der Waals surface area contributed by atoms with Crippen LogP contribution < -0.4 is 10.0 Å². The first-order valence-corrected chi connectivity index (χ1v) is 11.8. The molecule has 1 aliphatic rings. The van der Waals surface area contributed by atoms with Crippen LogP contribution in [0.5, 0.6) is 0 Å². The monoisotopic (exact) mass is 497 g/mol. The molecular weight excluding hydrogens is 473 g/mol. The highest BCUT2D eigenvalue weighted by Crippen LogP contribution is 2.30. The molecule has 8 nitrogen and oxygen atoms in total. The van der Waals surface area contributed by atoms with E-state index in [2.05, 4.69) is 20.4 Å². The number of nitrogens with zero attached hydrogens (tertiary/aromatic N) is 4. The van der Waals surface area contributed by atoms with Crippen LogP contribution in [0.4, 0.5) is 4.39 Å². The largest absolute Gasteiger partial charge is 0.618 e. The van der Waals surface area contributed by atoms with Crippen LogP contribution in [0.1, 0.15) is 58.4 Å². The Morgan fingerprint density at radius 1 is 1.14 bits per heavy atom. The normalized spacial score (nSPS) is 15.5. The summed E-state index contributed by atoms with van der Waals surface area (Å²) in [7, 11) is 0. The van der Waals surface area contributed by atoms with Gasteiger partial charge in [-0.2, -0.15) is 4.73 Å². The third-order valence-corrected chi connectivity index (χ3v) is 6.11. The minimum absolute atomic E-state index is 0.339. The quantitative estimate of drug-likeness (QED) is 0.310. The van der Waals surface area contributed by atoms with E-state index in [1.165, 1.54) is 18.3 Å². The maximum Gasteiger partial charge on any atom is 0.251 e. The lowest BCUT2D eigenvalue weighted by molar-refractivity contribution is -0.594. The van der Waals surface area contributed by atoms with E-state index in [0.29, 0.717) is 40.2 Å². The lowest BCUT2D eigenvalue weighted by Crippen LogP contribution is -2.30. The van der Waals surface area contributed by atoms with Gasteiger partial charge in [0.1, 0.15) is 5.82 Å². The molecule has 4 heterocycles. The maximum absolute atomic E-state index is 13.3. The van der Waals surface area contributed by atoms with Crippen molar-refractivity contribution < 1.29 is 18.8 Å². The molecule has 4 aromatic rings. The lowest BCUT2D eigenvalue weighted by atomic mass is 9.96. The molecule has 1 aliphatic heterocycles. The molecule has 0 saturated heterocycles. The Morgan fingerprint density at radius 2 is 1.97 bits per heavy atom. The maximum atomic E-state index is 13.3. The van der Waals surface area contributed by atoms with Gasteiger partial charge in [0, 0.05) is 40.9 Å². The van der Waals surface area contributed by atoms with Gasteiger partial charge in [-0.3, -0.25) is 14.8 Å². The van der Waals surface area contributed by atoms with Gasteiger partial charge in [-0.1, -0.05) is 11.2 Å². The Labute approximate surface area is 213 Å². The number of hydrogen-bond acceptors (Lipinski definition) is 6. The molecule has 0 aliphatic carbocycles. The number of amides is 1. The molecule has 5 rings (SSSR count). The fourth-order valence-corrected chi connectivity index (χ4v) is 4.15. The number of rotatable bonds is 6. The number of halogens is 1. The van der Waals surface area contributed by atoms with Crippen molar-refractivity contribution in [2.75, 3.05) is 0 Å². The first-order chi connectivity index (χ1) is 17.9. The molecule has 0 fully saturated rings. The summed E-state index contributed by atoms with van der Waals surface area (Å²) in [5.74, 6) is -0.820. The Balaban J connectivity index is 1.48. The van der Waals surface area contributed by atoms with Gasteiger partial charge in [-0.05, 0) is 62.4 Å². The third kappa shape index (κ3) is 5.30. The van der Waals surface area contributed by atoms with E-state index in [-0.39, 0.29) is 12.0 Å². The second-order valence-electron chi connectivity index (χ2n) is 8.90. The zero-order valence-electron chi connectivity index (χ0n) is 20.3. The molecule has 0 saturated carbocycles. The van der Waals surface area contributed by atoms with E-state index in [9.17, 15) is 14.4 Å². The molecule has 2 atom stereocenters. The van der Waals surface area contributed by atoms with Crippen molar-refractivity contribution in [3.8, 4) is 11.3 Å². The van der Waals surface area contributed by atoms with Crippen molar-refractivity contribution in [1.82, 2.24) is 15.3 Å². The van der Waals surface area contributed by atoms with Gasteiger partial charge < -0.3 is 15.4 Å². The van der Waals surface area contributed by atoms with Crippen molar-refractivity contribution in [3.05, 3.63) is 118 Å². The van der Waals surface area contributed by atoms with Gasteiger partial charge >= 0.3 is 0 Å². The summed E-state index contributed by atoms with van der Waals surface area (Å²) in [5.41, 5.74) is 4.70. The second-order valence-corrected chi connectivity index (χ2v) is 8.90. The number of hydrogen-bond donors (Lipinski definition) is 1. The molecule has 9 heteroatoms. The fraction of sp³-hybridized carbons (Fsp3) is 0.179. The molecular formula is C28H24FN5O3. The molecule has 0 radical (unpaired) electrons. The molecule has 37 heavy (non-hydrogen) atoms. The van der Waals surface area contributed by atoms with Crippen LogP contribution in [0.2, 0.25) is 0 Å². The number of aromatic nitrogens is 3. The molecule has 1 N–H and O–H groups in total. The Hall–Kier alpha value is -4.66. The summed E-state index contributed by atoms with van der Waals surface area (Å²) < 4.78 is 14.0. The summed E-state index contributed by atoms with van der Waals surface area (Å²) in [4.78, 5) is 27.3. The van der Waals surface area contributed by atoms with E-state index >= 15 is 0 Å². The van der Waals surface area contributed by atoms with Crippen LogP contribution in [0.25, 0.3) is 11.3 Å². The highest BCUT2D eigenvalue weighted by molar-refractivity contribution is 6.05. The Kier molecular flexibility index (Phi) is 6.59. The molecule has 1 aromatic carbocycles. The van der Waals surface area contributed by atoms with Gasteiger partial charge in [0.25, 0.3) is 5.91 Å². The van der Waals surface area contributed by atoms with Crippen molar-refractivity contribution in [2.45, 2.75) is 32.4 Å². The zero-order chi connectivity index (χ0) is 25.9. The van der Waals surface area contributed by atoms with E-state index in [1.807, 2.05) is 37.3 Å². The van der Waals surface area contributed by atoms with Gasteiger partial charge in [-0.25, -0.2) is 4.39 Å². The summed E-state index contributed by atoms with van der Waals surface area (Å²) in [6, 6.07) is 16.7. The highest BCUT2D eigenvalue weighted by Gasteiger charge is 2.27. The topological polar surface area (TPSA) is 103 Å². The minimum atomic E-state index is -0.468. The van der Waals surface area contributed by atoms with Crippen LogP contribution in [0.15, 0.2) is 84.4 Å². The summed E-state index contributed by atoms with van der Waals surface area (Å²) >= 11 is 0. The average molecular weight is 498 g/mol. The third-order valence-electron chi connectivity index (χ3n) is 6.11. The molecule has 1 amide bonds. The van der Waals surface area contributed by atoms with E-state index in [0.717, 1.165) is 22.2 Å². The van der Waals surface area contributed by atoms with Crippen molar-refractivity contribution in [3.63, 3.8) is 0 Å². The van der Waals surface area contributed by atoms with Crippen LogP contribution in [-0.2, 0) is 4.84 Å². The van der Waals surface area contributed by atoms with Crippen molar-refractivity contribution >= 4 is 11.6 Å². The van der Waals surface area contributed by atoms with Crippen LogP contribution in [0.3, 0.4) is 0 Å². The zero-order valence-corrected chi connectivity index (χ0v) is 20.3. The van der Waals surface area contributed by atoms with Crippen molar-refractivity contribution in [2.24, 2.45) is 5.16 Å². The van der Waals surface area contributed by atoms with Crippen molar-refractivity contribution in [1.29, 1.82) is 0 Å². The second kappa shape index (κ2) is 10.1. The number of carbonyl (C=O) groups is 1. The van der Waals surface area contributed by atoms with Crippen LogP contribution in [0, 0.1) is 17.9 Å². The number of benzene rings is 1. The number of pyridine rings is 3. The summed E-state index contributed by atoms with van der Waals surface area (Å²) in [5, 5.41) is 19.9. The molecule has 0 bridgehead atoms. The molecule has 3 aromatic heterocycles. The predicted molar refractivity (Wildman–Crippen MR) is 135 cm³/mol. The number of aryl methyl sites for hydroxylation is 1. The smallest absolute Gasteiger partial charge is 0.251 e.